The lowest BCUT2D eigenvalue weighted by Crippen LogP contribution is -1.99. The predicted octanol–water partition coefficient (Wildman–Crippen LogP) is 3.02. The van der Waals surface area contributed by atoms with E-state index in [-0.39, 0.29) is 0 Å². The standard InChI is InChI=1S/C12H10.C4H6O3/c1-3-7-11(8-4-1)12-9-5-2-6-10-12;1-2-4(6)7-3-5/h1-10H;2,5H,1,3H2. The zero-order chi connectivity index (χ0) is 13.9. The van der Waals surface area contributed by atoms with E-state index in [2.05, 4.69) is 59.8 Å². The molecule has 0 spiro atoms. The highest BCUT2D eigenvalue weighted by Crippen LogP contribution is 2.17. The molecule has 0 aliphatic heterocycles. The summed E-state index contributed by atoms with van der Waals surface area (Å²) in [5.74, 6) is -0.609. The van der Waals surface area contributed by atoms with Gasteiger partial charge in [0, 0.05) is 6.08 Å². The normalized spacial score (nSPS) is 8.89. The fourth-order valence-corrected chi connectivity index (χ4v) is 1.38. The molecule has 3 nitrogen and oxygen atoms in total. The number of benzene rings is 2. The van der Waals surface area contributed by atoms with Gasteiger partial charge in [0.1, 0.15) is 0 Å². The Hall–Kier alpha value is -2.39. The van der Waals surface area contributed by atoms with Crippen LogP contribution in [0.2, 0.25) is 0 Å². The fraction of sp³-hybridized carbons (Fsp3) is 0.0625. The predicted molar refractivity (Wildman–Crippen MR) is 75.3 cm³/mol. The molecule has 0 saturated carbocycles. The number of esters is 1. The van der Waals surface area contributed by atoms with Gasteiger partial charge in [0.25, 0.3) is 0 Å². The van der Waals surface area contributed by atoms with Crippen LogP contribution in [0.4, 0.5) is 0 Å². The third kappa shape index (κ3) is 5.66. The van der Waals surface area contributed by atoms with Crippen LogP contribution in [0.25, 0.3) is 11.1 Å². The topological polar surface area (TPSA) is 46.5 Å². The van der Waals surface area contributed by atoms with Crippen LogP contribution in [-0.2, 0) is 9.53 Å². The first-order valence-corrected chi connectivity index (χ1v) is 5.78. The minimum Gasteiger partial charge on any atom is -0.436 e. The number of hydrogen-bond acceptors (Lipinski definition) is 3. The monoisotopic (exact) mass is 256 g/mol. The first-order chi connectivity index (χ1) is 9.27. The van der Waals surface area contributed by atoms with Crippen molar-refractivity contribution in [2.45, 2.75) is 0 Å². The maximum absolute atomic E-state index is 9.91. The van der Waals surface area contributed by atoms with Crippen LogP contribution >= 0.6 is 0 Å². The van der Waals surface area contributed by atoms with E-state index < -0.39 is 12.8 Å². The minimum absolute atomic E-state index is 0.579. The van der Waals surface area contributed by atoms with Crippen molar-refractivity contribution in [1.82, 2.24) is 0 Å². The summed E-state index contributed by atoms with van der Waals surface area (Å²) in [5.41, 5.74) is 2.55. The van der Waals surface area contributed by atoms with Gasteiger partial charge in [-0.3, -0.25) is 0 Å². The van der Waals surface area contributed by atoms with Gasteiger partial charge < -0.3 is 9.84 Å². The second kappa shape index (κ2) is 8.66. The van der Waals surface area contributed by atoms with Crippen molar-refractivity contribution in [3.05, 3.63) is 73.3 Å². The maximum Gasteiger partial charge on any atom is 0.332 e. The molecule has 2 aromatic carbocycles. The average Bonchev–Trinajstić information content (AvgIpc) is 2.50. The molecule has 98 valence electrons. The number of aliphatic hydroxyl groups is 1. The van der Waals surface area contributed by atoms with Crippen LogP contribution in [-0.4, -0.2) is 17.9 Å². The van der Waals surface area contributed by atoms with E-state index in [9.17, 15) is 4.79 Å². The summed E-state index contributed by atoms with van der Waals surface area (Å²) < 4.78 is 3.99. The largest absolute Gasteiger partial charge is 0.436 e. The van der Waals surface area contributed by atoms with E-state index in [1.165, 1.54) is 11.1 Å². The van der Waals surface area contributed by atoms with Gasteiger partial charge in [-0.05, 0) is 11.1 Å². The van der Waals surface area contributed by atoms with Gasteiger partial charge in [-0.2, -0.15) is 0 Å². The molecule has 0 aliphatic rings. The molecule has 3 heteroatoms. The second-order valence-electron chi connectivity index (χ2n) is 3.53. The number of hydrogen-bond donors (Lipinski definition) is 1. The van der Waals surface area contributed by atoms with Gasteiger partial charge in [0.2, 0.25) is 0 Å². The molecule has 0 fully saturated rings. The van der Waals surface area contributed by atoms with Crippen molar-refractivity contribution in [1.29, 1.82) is 0 Å². The van der Waals surface area contributed by atoms with Crippen LogP contribution in [0.1, 0.15) is 0 Å². The molecule has 0 aromatic heterocycles. The summed E-state index contributed by atoms with van der Waals surface area (Å²) in [7, 11) is 0. The highest BCUT2D eigenvalue weighted by molar-refractivity contribution is 5.81. The van der Waals surface area contributed by atoms with Gasteiger partial charge >= 0.3 is 5.97 Å². The van der Waals surface area contributed by atoms with E-state index in [1.807, 2.05) is 12.1 Å². The quantitative estimate of drug-likeness (QED) is 0.521. The number of carbonyl (C=O) groups is 1. The number of carbonyl (C=O) groups excluding carboxylic acids is 1. The molecule has 0 aliphatic carbocycles. The lowest BCUT2D eigenvalue weighted by molar-refractivity contribution is -0.145. The van der Waals surface area contributed by atoms with Crippen LogP contribution in [0.15, 0.2) is 73.3 Å². The molecule has 2 rings (SSSR count). The fourth-order valence-electron chi connectivity index (χ4n) is 1.38. The van der Waals surface area contributed by atoms with Gasteiger partial charge in [0.05, 0.1) is 0 Å². The van der Waals surface area contributed by atoms with Crippen LogP contribution in [0.5, 0.6) is 0 Å². The summed E-state index contributed by atoms with van der Waals surface area (Å²) in [5, 5.41) is 7.88. The maximum atomic E-state index is 9.91. The smallest absolute Gasteiger partial charge is 0.332 e. The van der Waals surface area contributed by atoms with Crippen molar-refractivity contribution in [3.63, 3.8) is 0 Å². The minimum atomic E-state index is -0.609. The lowest BCUT2D eigenvalue weighted by Gasteiger charge is -1.98. The Bertz CT molecular complexity index is 454. The Morgan fingerprint density at radius 2 is 1.42 bits per heavy atom. The highest BCUT2D eigenvalue weighted by Gasteiger charge is 1.91. The van der Waals surface area contributed by atoms with Crippen LogP contribution < -0.4 is 0 Å². The van der Waals surface area contributed by atoms with Crippen LogP contribution in [0, 0.1) is 0 Å². The van der Waals surface area contributed by atoms with Gasteiger partial charge in [-0.15, -0.1) is 0 Å². The summed E-state index contributed by atoms with van der Waals surface area (Å²) in [6.07, 6.45) is 0.982. The Kier molecular flexibility index (Phi) is 6.69. The summed E-state index contributed by atoms with van der Waals surface area (Å²) >= 11 is 0. The SMILES string of the molecule is C=CC(=O)OCO.c1ccc(-c2ccccc2)cc1. The summed E-state index contributed by atoms with van der Waals surface area (Å²) in [6.45, 7) is 2.52. The molecule has 2 aromatic rings. The third-order valence-corrected chi connectivity index (χ3v) is 2.25. The average molecular weight is 256 g/mol. The van der Waals surface area contributed by atoms with Crippen molar-refractivity contribution < 1.29 is 14.6 Å². The second-order valence-corrected chi connectivity index (χ2v) is 3.53. The van der Waals surface area contributed by atoms with Gasteiger partial charge in [-0.1, -0.05) is 67.2 Å². The van der Waals surface area contributed by atoms with Crippen molar-refractivity contribution >= 4 is 5.97 Å². The highest BCUT2D eigenvalue weighted by atomic mass is 16.6. The van der Waals surface area contributed by atoms with Crippen LogP contribution in [0.3, 0.4) is 0 Å². The molecule has 0 unspecified atom stereocenters. The molecule has 0 radical (unpaired) electrons. The van der Waals surface area contributed by atoms with Crippen molar-refractivity contribution in [3.8, 4) is 11.1 Å². The Balaban J connectivity index is 0.000000224. The number of rotatable bonds is 3. The molecule has 0 heterocycles. The zero-order valence-corrected chi connectivity index (χ0v) is 10.5. The molecular formula is C16H16O3. The molecule has 0 amide bonds. The third-order valence-electron chi connectivity index (χ3n) is 2.25. The molecule has 1 N–H and O–H groups in total. The summed E-state index contributed by atoms with van der Waals surface area (Å²) in [4.78, 5) is 9.91. The van der Waals surface area contributed by atoms with E-state index in [4.69, 9.17) is 5.11 Å². The number of aliphatic hydroxyl groups excluding tert-OH is 1. The number of ether oxygens (including phenoxy) is 1. The first kappa shape index (κ1) is 14.7. The Morgan fingerprint density at radius 1 is 1.00 bits per heavy atom. The first-order valence-electron chi connectivity index (χ1n) is 5.78. The molecule has 0 atom stereocenters. The van der Waals surface area contributed by atoms with E-state index in [1.54, 1.807) is 0 Å². The Morgan fingerprint density at radius 3 is 1.68 bits per heavy atom. The lowest BCUT2D eigenvalue weighted by atomic mass is 10.1. The van der Waals surface area contributed by atoms with Crippen molar-refractivity contribution in [2.75, 3.05) is 6.79 Å². The van der Waals surface area contributed by atoms with E-state index >= 15 is 0 Å². The van der Waals surface area contributed by atoms with E-state index in [0.29, 0.717) is 0 Å². The van der Waals surface area contributed by atoms with Gasteiger partial charge in [0.15, 0.2) is 6.79 Å². The van der Waals surface area contributed by atoms with E-state index in [0.717, 1.165) is 6.08 Å². The zero-order valence-electron chi connectivity index (χ0n) is 10.5. The van der Waals surface area contributed by atoms with Gasteiger partial charge in [-0.25, -0.2) is 4.79 Å². The molecule has 0 saturated heterocycles. The molecular weight excluding hydrogens is 240 g/mol. The molecule has 19 heavy (non-hydrogen) atoms. The molecule has 0 bridgehead atoms. The van der Waals surface area contributed by atoms with Crippen molar-refractivity contribution in [2.24, 2.45) is 0 Å². The summed E-state index contributed by atoms with van der Waals surface area (Å²) in [6, 6.07) is 20.8. The Labute approximate surface area is 112 Å².